The Hall–Kier alpha value is -0.610. The minimum Gasteiger partial charge on any atom is -0.377 e. The van der Waals surface area contributed by atoms with Gasteiger partial charge in [0.1, 0.15) is 0 Å². The third-order valence-corrected chi connectivity index (χ3v) is 3.12. The third kappa shape index (κ3) is 4.10. The number of carbonyl (C=O) groups excluding carboxylic acids is 1. The lowest BCUT2D eigenvalue weighted by molar-refractivity contribution is -0.121. The van der Waals surface area contributed by atoms with Gasteiger partial charge in [0.2, 0.25) is 5.91 Å². The highest BCUT2D eigenvalue weighted by atomic mass is 16.5. The average Bonchev–Trinajstić information content (AvgIpc) is 2.14. The van der Waals surface area contributed by atoms with Gasteiger partial charge in [-0.15, -0.1) is 0 Å². The summed E-state index contributed by atoms with van der Waals surface area (Å²) in [6, 6.07) is 0.226. The van der Waals surface area contributed by atoms with Gasteiger partial charge in [0, 0.05) is 32.7 Å². The van der Waals surface area contributed by atoms with Crippen LogP contribution < -0.4 is 10.6 Å². The number of carbonyl (C=O) groups is 1. The van der Waals surface area contributed by atoms with Gasteiger partial charge in [0.25, 0.3) is 0 Å². The predicted molar refractivity (Wildman–Crippen MR) is 64.4 cm³/mol. The highest BCUT2D eigenvalue weighted by molar-refractivity contribution is 5.76. The summed E-state index contributed by atoms with van der Waals surface area (Å²) in [7, 11) is 1.77. The third-order valence-electron chi connectivity index (χ3n) is 3.12. The molecule has 0 radical (unpaired) electrons. The van der Waals surface area contributed by atoms with Gasteiger partial charge in [-0.05, 0) is 33.1 Å². The van der Waals surface area contributed by atoms with E-state index in [0.29, 0.717) is 6.42 Å². The summed E-state index contributed by atoms with van der Waals surface area (Å²) in [5.74, 6) is 0.113. The largest absolute Gasteiger partial charge is 0.377 e. The van der Waals surface area contributed by atoms with Crippen molar-refractivity contribution in [1.29, 1.82) is 0 Å². The van der Waals surface area contributed by atoms with Crippen LogP contribution in [0.3, 0.4) is 0 Å². The maximum Gasteiger partial charge on any atom is 0.221 e. The molecule has 0 aromatic carbocycles. The molecule has 1 saturated carbocycles. The number of nitrogens with one attached hydrogen (secondary N) is 2. The summed E-state index contributed by atoms with van der Waals surface area (Å²) in [4.78, 5) is 11.3. The van der Waals surface area contributed by atoms with E-state index in [1.165, 1.54) is 6.42 Å². The second-order valence-electron chi connectivity index (χ2n) is 4.89. The summed E-state index contributed by atoms with van der Waals surface area (Å²) >= 11 is 0. The second kappa shape index (κ2) is 6.21. The molecule has 0 bridgehead atoms. The van der Waals surface area contributed by atoms with Crippen LogP contribution in [0.2, 0.25) is 0 Å². The Kier molecular flexibility index (Phi) is 5.22. The molecular formula is C12H24N2O2. The zero-order valence-corrected chi connectivity index (χ0v) is 10.6. The van der Waals surface area contributed by atoms with E-state index in [1.54, 1.807) is 7.11 Å². The molecule has 4 nitrogen and oxygen atoms in total. The van der Waals surface area contributed by atoms with Crippen LogP contribution in [-0.4, -0.2) is 37.7 Å². The lowest BCUT2D eigenvalue weighted by Crippen LogP contribution is -2.48. The summed E-state index contributed by atoms with van der Waals surface area (Å²) in [6.45, 7) is 5.53. The van der Waals surface area contributed by atoms with Crippen LogP contribution in [-0.2, 0) is 9.53 Å². The van der Waals surface area contributed by atoms with E-state index in [0.717, 1.165) is 25.9 Å². The van der Waals surface area contributed by atoms with Gasteiger partial charge in [0.15, 0.2) is 0 Å². The Morgan fingerprint density at radius 3 is 2.56 bits per heavy atom. The lowest BCUT2D eigenvalue weighted by Gasteiger charge is -2.40. The van der Waals surface area contributed by atoms with E-state index < -0.39 is 0 Å². The van der Waals surface area contributed by atoms with Crippen molar-refractivity contribution in [3.05, 3.63) is 0 Å². The Bertz CT molecular complexity index is 220. The van der Waals surface area contributed by atoms with E-state index in [-0.39, 0.29) is 17.6 Å². The molecule has 0 aromatic rings. The van der Waals surface area contributed by atoms with Crippen LogP contribution in [0.15, 0.2) is 0 Å². The predicted octanol–water partition coefficient (Wildman–Crippen LogP) is 1.06. The zero-order valence-electron chi connectivity index (χ0n) is 10.6. The summed E-state index contributed by atoms with van der Waals surface area (Å²) < 4.78 is 5.48. The van der Waals surface area contributed by atoms with Crippen molar-refractivity contribution in [3.63, 3.8) is 0 Å². The van der Waals surface area contributed by atoms with E-state index in [4.69, 9.17) is 4.74 Å². The van der Waals surface area contributed by atoms with E-state index in [2.05, 4.69) is 10.6 Å². The fourth-order valence-corrected chi connectivity index (χ4v) is 1.94. The molecule has 2 N–H and O–H groups in total. The standard InChI is InChI=1S/C12H24N2O2/c1-10(2)14-11(15)5-8-13-9-12(16-3)6-4-7-12/h10,13H,4-9H2,1-3H3,(H,14,15). The van der Waals surface area contributed by atoms with Crippen molar-refractivity contribution in [2.75, 3.05) is 20.2 Å². The van der Waals surface area contributed by atoms with Gasteiger partial charge in [-0.2, -0.15) is 0 Å². The van der Waals surface area contributed by atoms with Crippen molar-refractivity contribution in [1.82, 2.24) is 10.6 Å². The van der Waals surface area contributed by atoms with Crippen molar-refractivity contribution < 1.29 is 9.53 Å². The molecule has 1 aliphatic rings. The summed E-state index contributed by atoms with van der Waals surface area (Å²) in [5.41, 5.74) is 0.0501. The van der Waals surface area contributed by atoms with E-state index in [1.807, 2.05) is 13.8 Å². The number of ether oxygens (including phenoxy) is 1. The van der Waals surface area contributed by atoms with Crippen molar-refractivity contribution in [2.24, 2.45) is 0 Å². The van der Waals surface area contributed by atoms with Crippen molar-refractivity contribution >= 4 is 5.91 Å². The molecule has 0 unspecified atom stereocenters. The molecule has 0 heterocycles. The molecule has 0 aromatic heterocycles. The molecule has 1 amide bonds. The van der Waals surface area contributed by atoms with Gasteiger partial charge in [-0.25, -0.2) is 0 Å². The number of amides is 1. The smallest absolute Gasteiger partial charge is 0.221 e. The van der Waals surface area contributed by atoms with Crippen LogP contribution >= 0.6 is 0 Å². The lowest BCUT2D eigenvalue weighted by atomic mass is 9.80. The van der Waals surface area contributed by atoms with Crippen LogP contribution in [0.5, 0.6) is 0 Å². The molecule has 1 fully saturated rings. The molecule has 0 spiro atoms. The monoisotopic (exact) mass is 228 g/mol. The van der Waals surface area contributed by atoms with Gasteiger partial charge < -0.3 is 15.4 Å². The topological polar surface area (TPSA) is 50.4 Å². The second-order valence-corrected chi connectivity index (χ2v) is 4.89. The molecule has 94 valence electrons. The zero-order chi connectivity index (χ0) is 12.0. The van der Waals surface area contributed by atoms with Crippen LogP contribution in [0.1, 0.15) is 39.5 Å². The normalized spacial score (nSPS) is 18.2. The first kappa shape index (κ1) is 13.5. The molecular weight excluding hydrogens is 204 g/mol. The van der Waals surface area contributed by atoms with E-state index >= 15 is 0 Å². The number of hydrogen-bond acceptors (Lipinski definition) is 3. The SMILES string of the molecule is COC1(CNCCC(=O)NC(C)C)CCC1. The van der Waals surface area contributed by atoms with Gasteiger partial charge in [-0.3, -0.25) is 4.79 Å². The Balaban J connectivity index is 2.05. The fraction of sp³-hybridized carbons (Fsp3) is 0.917. The van der Waals surface area contributed by atoms with Gasteiger partial charge >= 0.3 is 0 Å². The minimum absolute atomic E-state index is 0.0501. The molecule has 1 aliphatic carbocycles. The van der Waals surface area contributed by atoms with Crippen LogP contribution in [0, 0.1) is 0 Å². The molecule has 0 aliphatic heterocycles. The van der Waals surface area contributed by atoms with Crippen LogP contribution in [0.25, 0.3) is 0 Å². The first-order chi connectivity index (χ1) is 7.58. The molecule has 1 rings (SSSR count). The fourth-order valence-electron chi connectivity index (χ4n) is 1.94. The number of hydrogen-bond donors (Lipinski definition) is 2. The quantitative estimate of drug-likeness (QED) is 0.641. The maximum absolute atomic E-state index is 11.3. The Morgan fingerprint density at radius 2 is 2.12 bits per heavy atom. The molecule has 0 atom stereocenters. The Labute approximate surface area is 98.1 Å². The minimum atomic E-state index is 0.0501. The first-order valence-electron chi connectivity index (χ1n) is 6.13. The van der Waals surface area contributed by atoms with Crippen LogP contribution in [0.4, 0.5) is 0 Å². The molecule has 16 heavy (non-hydrogen) atoms. The summed E-state index contributed by atoms with van der Waals surface area (Å²) in [6.07, 6.45) is 4.06. The Morgan fingerprint density at radius 1 is 1.44 bits per heavy atom. The molecule has 0 saturated heterocycles. The first-order valence-corrected chi connectivity index (χ1v) is 6.13. The highest BCUT2D eigenvalue weighted by Gasteiger charge is 2.36. The van der Waals surface area contributed by atoms with E-state index in [9.17, 15) is 4.79 Å². The number of rotatable bonds is 7. The average molecular weight is 228 g/mol. The summed E-state index contributed by atoms with van der Waals surface area (Å²) in [5, 5.41) is 6.17. The van der Waals surface area contributed by atoms with Gasteiger partial charge in [0.05, 0.1) is 5.60 Å². The molecule has 4 heteroatoms. The van der Waals surface area contributed by atoms with Crippen molar-refractivity contribution in [3.8, 4) is 0 Å². The highest BCUT2D eigenvalue weighted by Crippen LogP contribution is 2.34. The van der Waals surface area contributed by atoms with Crippen molar-refractivity contribution in [2.45, 2.75) is 51.2 Å². The van der Waals surface area contributed by atoms with Gasteiger partial charge in [-0.1, -0.05) is 0 Å². The number of methoxy groups -OCH3 is 1. The maximum atomic E-state index is 11.3.